The molecule has 0 aliphatic heterocycles. The second kappa shape index (κ2) is 15.2. The average molecular weight is 850 g/mol. The molecule has 0 heterocycles. The zero-order valence-electron chi connectivity index (χ0n) is 35.7. The third kappa shape index (κ3) is 8.05. The summed E-state index contributed by atoms with van der Waals surface area (Å²) in [6.07, 6.45) is 0. The summed E-state index contributed by atoms with van der Waals surface area (Å²) in [6, 6.07) is 17.5. The van der Waals surface area contributed by atoms with Gasteiger partial charge in [0.25, 0.3) is 0 Å². The molecule has 316 valence electrons. The van der Waals surface area contributed by atoms with Gasteiger partial charge in [-0.15, -0.1) is 0 Å². The van der Waals surface area contributed by atoms with E-state index in [1.165, 1.54) is 119 Å². The lowest BCUT2D eigenvalue weighted by atomic mass is 9.73. The summed E-state index contributed by atoms with van der Waals surface area (Å²) in [6.45, 7) is 21.6. The highest BCUT2D eigenvalue weighted by Crippen LogP contribution is 2.51. The first-order valence-electron chi connectivity index (χ1n) is 18.3. The molecule has 0 atom stereocenters. The van der Waals surface area contributed by atoms with Crippen LogP contribution in [0.3, 0.4) is 0 Å². The van der Waals surface area contributed by atoms with Crippen LogP contribution in [0.2, 0.25) is 0 Å². The van der Waals surface area contributed by atoms with Gasteiger partial charge in [-0.3, -0.25) is 9.59 Å². The fourth-order valence-electron chi connectivity index (χ4n) is 7.51. The summed E-state index contributed by atoms with van der Waals surface area (Å²) in [5.74, 6) is -3.04. The number of carbonyl (C=O) groups is 2. The van der Waals surface area contributed by atoms with Crippen molar-refractivity contribution in [1.29, 1.82) is 0 Å². The van der Waals surface area contributed by atoms with Crippen molar-refractivity contribution in [3.63, 3.8) is 0 Å². The number of aryl methyl sites for hydroxylation is 3. The summed E-state index contributed by atoms with van der Waals surface area (Å²) in [5, 5.41) is 21.3. The van der Waals surface area contributed by atoms with Gasteiger partial charge in [0.15, 0.2) is 0 Å². The Morgan fingerprint density at radius 3 is 0.754 bits per heavy atom. The Labute approximate surface area is 339 Å². The summed E-state index contributed by atoms with van der Waals surface area (Å²) in [7, 11) is -14.4. The number of sulfonamides is 3. The molecule has 3 aromatic carbocycles. The Kier molecular flexibility index (Phi) is 12.7. The average Bonchev–Trinajstić information content (AvgIpc) is 3.03. The molecular formula is C41H59N3O10S3. The Balaban J connectivity index is 2.60. The molecule has 0 amide bonds. The Hall–Kier alpha value is -3.67. The third-order valence-corrected chi connectivity index (χ3v) is 18.5. The first-order valence-corrected chi connectivity index (χ1v) is 22.6. The molecule has 0 bridgehead atoms. The maximum atomic E-state index is 15.5. The van der Waals surface area contributed by atoms with Gasteiger partial charge in [0.2, 0.25) is 30.1 Å². The predicted molar refractivity (Wildman–Crippen MR) is 220 cm³/mol. The van der Waals surface area contributed by atoms with Gasteiger partial charge in [-0.25, -0.2) is 25.3 Å². The van der Waals surface area contributed by atoms with Crippen LogP contribution in [0.25, 0.3) is 0 Å². The maximum absolute atomic E-state index is 15.5. The highest BCUT2D eigenvalue weighted by molar-refractivity contribution is 7.90. The molecule has 0 saturated carbocycles. The van der Waals surface area contributed by atoms with Gasteiger partial charge in [-0.1, -0.05) is 53.1 Å². The number of aliphatic carboxylic acids is 2. The minimum Gasteiger partial charge on any atom is -0.480 e. The minimum absolute atomic E-state index is 0.225. The van der Waals surface area contributed by atoms with E-state index in [9.17, 15) is 36.6 Å². The smallest absolute Gasteiger partial charge is 0.324 e. The highest BCUT2D eigenvalue weighted by atomic mass is 32.2. The minimum atomic E-state index is -4.83. The molecule has 57 heavy (non-hydrogen) atoms. The van der Waals surface area contributed by atoms with E-state index >= 15 is 8.42 Å². The van der Waals surface area contributed by atoms with Gasteiger partial charge in [0.1, 0.15) is 11.1 Å². The van der Waals surface area contributed by atoms with Gasteiger partial charge in [-0.05, 0) is 140 Å². The molecule has 0 fully saturated rings. The number of nitrogens with zero attached hydrogens (tertiary/aromatic N) is 3. The molecule has 0 spiro atoms. The number of carboxylic acid groups (broad SMARTS) is 2. The van der Waals surface area contributed by atoms with E-state index in [0.29, 0.717) is 0 Å². The SMILES string of the molecule is Cc1ccc(S(=O)(=O)N(C(C)(C)C(=O)O)C(C)(C)C(C)(C)N(C(C)(C)C(C)(C)N(C(C)(C)C(=O)O)S(=O)(=O)c2ccc(C)cc2)S(=O)(=O)c2ccc(C)cc2)cc1. The molecule has 0 saturated heterocycles. The molecule has 0 radical (unpaired) electrons. The largest absolute Gasteiger partial charge is 0.480 e. The second-order valence-electron chi connectivity index (χ2n) is 17.7. The first-order chi connectivity index (χ1) is 25.5. The van der Waals surface area contributed by atoms with E-state index < -0.39 is 75.2 Å². The predicted octanol–water partition coefficient (Wildman–Crippen LogP) is 6.83. The van der Waals surface area contributed by atoms with E-state index in [-0.39, 0.29) is 14.7 Å². The molecule has 2 N–H and O–H groups in total. The number of rotatable bonds is 16. The quantitative estimate of drug-likeness (QED) is 0.155. The van der Waals surface area contributed by atoms with Crippen LogP contribution in [0.4, 0.5) is 0 Å². The van der Waals surface area contributed by atoms with Crippen LogP contribution in [-0.4, -0.2) is 93.6 Å². The summed E-state index contributed by atoms with van der Waals surface area (Å²) in [5.41, 5.74) is -10.1. The van der Waals surface area contributed by atoms with Crippen molar-refractivity contribution >= 4 is 42.0 Å². The molecule has 0 aliphatic rings. The van der Waals surface area contributed by atoms with Crippen molar-refractivity contribution in [2.24, 2.45) is 0 Å². The van der Waals surface area contributed by atoms with Crippen molar-refractivity contribution in [3.05, 3.63) is 89.5 Å². The molecule has 0 aromatic heterocycles. The number of carboxylic acids is 2. The number of hydrogen-bond donors (Lipinski definition) is 2. The Morgan fingerprint density at radius 2 is 0.561 bits per heavy atom. The van der Waals surface area contributed by atoms with Crippen LogP contribution in [0.15, 0.2) is 87.5 Å². The van der Waals surface area contributed by atoms with Crippen LogP contribution in [-0.2, 0) is 39.7 Å². The van der Waals surface area contributed by atoms with Crippen molar-refractivity contribution in [1.82, 2.24) is 12.9 Å². The van der Waals surface area contributed by atoms with E-state index in [2.05, 4.69) is 0 Å². The van der Waals surface area contributed by atoms with Crippen molar-refractivity contribution in [3.8, 4) is 0 Å². The van der Waals surface area contributed by atoms with Gasteiger partial charge in [0, 0.05) is 0 Å². The molecular weight excluding hydrogens is 791 g/mol. The van der Waals surface area contributed by atoms with E-state index in [1.807, 2.05) is 0 Å². The van der Waals surface area contributed by atoms with Crippen molar-refractivity contribution < 1.29 is 45.1 Å². The molecule has 0 aliphatic carbocycles. The van der Waals surface area contributed by atoms with Crippen LogP contribution in [0.5, 0.6) is 0 Å². The summed E-state index contributed by atoms with van der Waals surface area (Å²) in [4.78, 5) is 25.5. The lowest BCUT2D eigenvalue weighted by Crippen LogP contribution is -2.79. The summed E-state index contributed by atoms with van der Waals surface area (Å²) >= 11 is 0. The molecule has 16 heteroatoms. The fourth-order valence-corrected chi connectivity index (χ4v) is 14.2. The maximum Gasteiger partial charge on any atom is 0.324 e. The van der Waals surface area contributed by atoms with Crippen LogP contribution in [0, 0.1) is 20.8 Å². The van der Waals surface area contributed by atoms with E-state index in [0.717, 1.165) is 29.6 Å². The zero-order chi connectivity index (χ0) is 44.3. The third-order valence-electron chi connectivity index (χ3n) is 11.8. The van der Waals surface area contributed by atoms with Crippen LogP contribution in [0.1, 0.15) is 99.8 Å². The second-order valence-corrected chi connectivity index (χ2v) is 23.1. The van der Waals surface area contributed by atoms with Gasteiger partial charge >= 0.3 is 11.9 Å². The molecule has 0 unspecified atom stereocenters. The number of benzene rings is 3. The highest BCUT2D eigenvalue weighted by Gasteiger charge is 2.66. The molecule has 3 rings (SSSR count). The van der Waals surface area contributed by atoms with E-state index in [4.69, 9.17) is 0 Å². The van der Waals surface area contributed by atoms with Crippen molar-refractivity contribution in [2.45, 2.75) is 152 Å². The standard InChI is InChI=1S/C41H59N3O10S3/c1-28-16-22-31(23-17-28)55(49,50)42(36(4,5)34(45)46)38(8,9)40(12,13)44(57(53,54)33-26-20-30(3)21-27-33)41(14,15)39(10,11)43(37(6,7)35(47)48)56(51,52)32-24-18-29(2)19-25-32/h16-27H,1-15H3,(H,45,46)(H,47,48). The lowest BCUT2D eigenvalue weighted by Gasteiger charge is -2.63. The lowest BCUT2D eigenvalue weighted by molar-refractivity contribution is -0.153. The Morgan fingerprint density at radius 1 is 0.386 bits per heavy atom. The normalized spacial score (nSPS) is 14.4. The Bertz CT molecular complexity index is 2200. The monoisotopic (exact) mass is 849 g/mol. The molecule has 13 nitrogen and oxygen atoms in total. The van der Waals surface area contributed by atoms with Crippen LogP contribution < -0.4 is 0 Å². The fraction of sp³-hybridized carbons (Fsp3) is 0.512. The van der Waals surface area contributed by atoms with Gasteiger partial charge in [-0.2, -0.15) is 12.9 Å². The zero-order valence-corrected chi connectivity index (χ0v) is 38.1. The van der Waals surface area contributed by atoms with Crippen LogP contribution >= 0.6 is 0 Å². The first kappa shape index (κ1) is 47.7. The van der Waals surface area contributed by atoms with E-state index in [1.54, 1.807) is 57.2 Å². The van der Waals surface area contributed by atoms with Crippen molar-refractivity contribution in [2.75, 3.05) is 0 Å². The number of hydrogen-bond acceptors (Lipinski definition) is 8. The van der Waals surface area contributed by atoms with Gasteiger partial charge in [0.05, 0.1) is 36.8 Å². The van der Waals surface area contributed by atoms with Gasteiger partial charge < -0.3 is 10.2 Å². The topological polar surface area (TPSA) is 187 Å². The molecule has 3 aromatic rings. The summed E-state index contributed by atoms with van der Waals surface area (Å²) < 4.78 is 93.2.